The van der Waals surface area contributed by atoms with Gasteiger partial charge >= 0.3 is 6.36 Å². The molecule has 0 aromatic heterocycles. The maximum Gasteiger partial charge on any atom is 0.573 e. The molecule has 9 heteroatoms. The second-order valence-electron chi connectivity index (χ2n) is 5.93. The highest BCUT2D eigenvalue weighted by molar-refractivity contribution is 5.93. The van der Waals surface area contributed by atoms with Gasteiger partial charge in [-0.2, -0.15) is 0 Å². The first-order valence-corrected chi connectivity index (χ1v) is 8.16. The van der Waals surface area contributed by atoms with E-state index >= 15 is 0 Å². The molecular formula is C16H24F3N5O. The van der Waals surface area contributed by atoms with Crippen molar-refractivity contribution in [2.75, 3.05) is 51.6 Å². The largest absolute Gasteiger partial charge is 0.573 e. The second kappa shape index (κ2) is 8.91. The minimum Gasteiger partial charge on any atom is -0.404 e. The minimum absolute atomic E-state index is 0.0603. The topological polar surface area (TPSA) is 66.1 Å². The highest BCUT2D eigenvalue weighted by Gasteiger charge is 2.32. The highest BCUT2D eigenvalue weighted by atomic mass is 19.4. The Morgan fingerprint density at radius 1 is 1.24 bits per heavy atom. The van der Waals surface area contributed by atoms with Crippen LogP contribution in [0.5, 0.6) is 5.75 Å². The fraction of sp³-hybridized carbons (Fsp3) is 0.562. The van der Waals surface area contributed by atoms with Gasteiger partial charge in [-0.15, -0.1) is 13.2 Å². The van der Waals surface area contributed by atoms with Crippen LogP contribution in [0.25, 0.3) is 0 Å². The third-order valence-corrected chi connectivity index (χ3v) is 3.89. The molecule has 0 radical (unpaired) electrons. The maximum absolute atomic E-state index is 12.4. The molecule has 0 amide bonds. The fourth-order valence-electron chi connectivity index (χ4n) is 2.60. The molecular weight excluding hydrogens is 335 g/mol. The third kappa shape index (κ3) is 7.18. The molecule has 1 aromatic rings. The average molecular weight is 359 g/mol. The Bertz CT molecular complexity index is 579. The number of benzene rings is 1. The van der Waals surface area contributed by atoms with E-state index in [1.807, 2.05) is 0 Å². The van der Waals surface area contributed by atoms with Crippen LogP contribution >= 0.6 is 0 Å². The summed E-state index contributed by atoms with van der Waals surface area (Å²) in [7, 11) is 2.10. The van der Waals surface area contributed by atoms with Gasteiger partial charge < -0.3 is 25.6 Å². The minimum atomic E-state index is -4.76. The normalized spacial score (nSPS) is 18.0. The van der Waals surface area contributed by atoms with Crippen LogP contribution < -0.4 is 15.8 Å². The summed E-state index contributed by atoms with van der Waals surface area (Å²) in [6.45, 7) is 5.32. The number of alkyl halides is 3. The number of likely N-dealkylation sites (N-methyl/N-ethyl adjacent to an activating group) is 1. The zero-order valence-electron chi connectivity index (χ0n) is 14.2. The van der Waals surface area contributed by atoms with Gasteiger partial charge in [-0.1, -0.05) is 12.1 Å². The first kappa shape index (κ1) is 19.3. The van der Waals surface area contributed by atoms with Crippen LogP contribution in [0, 0.1) is 0 Å². The summed E-state index contributed by atoms with van der Waals surface area (Å²) in [5.74, 6) is -0.283. The predicted octanol–water partition coefficient (Wildman–Crippen LogP) is 1.95. The molecule has 1 fully saturated rings. The van der Waals surface area contributed by atoms with E-state index in [2.05, 4.69) is 31.9 Å². The molecule has 1 aliphatic heterocycles. The number of para-hydroxylation sites is 2. The number of rotatable bonds is 5. The molecule has 140 valence electrons. The zero-order chi connectivity index (χ0) is 18.3. The summed E-state index contributed by atoms with van der Waals surface area (Å²) >= 11 is 0. The van der Waals surface area contributed by atoms with Crippen LogP contribution in [0.2, 0.25) is 0 Å². The SMILES string of the molecule is CN1CCCN(CCN=C(N)Nc2ccccc2OC(F)(F)F)CC1. The molecule has 1 saturated heterocycles. The van der Waals surface area contributed by atoms with Crippen molar-refractivity contribution in [3.8, 4) is 5.75 Å². The monoisotopic (exact) mass is 359 g/mol. The number of hydrogen-bond acceptors (Lipinski definition) is 4. The number of anilines is 1. The van der Waals surface area contributed by atoms with E-state index in [0.717, 1.165) is 39.1 Å². The van der Waals surface area contributed by atoms with Gasteiger partial charge in [0.15, 0.2) is 11.7 Å². The number of hydrogen-bond donors (Lipinski definition) is 2. The van der Waals surface area contributed by atoms with Crippen molar-refractivity contribution in [2.24, 2.45) is 10.7 Å². The highest BCUT2D eigenvalue weighted by Crippen LogP contribution is 2.29. The molecule has 25 heavy (non-hydrogen) atoms. The van der Waals surface area contributed by atoms with Crippen LogP contribution in [0.15, 0.2) is 29.3 Å². The van der Waals surface area contributed by atoms with Crippen LogP contribution in [-0.4, -0.2) is 68.4 Å². The molecule has 0 unspecified atom stereocenters. The van der Waals surface area contributed by atoms with Crippen molar-refractivity contribution in [1.29, 1.82) is 0 Å². The molecule has 0 aliphatic carbocycles. The Morgan fingerprint density at radius 3 is 2.76 bits per heavy atom. The number of halogens is 3. The first-order valence-electron chi connectivity index (χ1n) is 8.16. The van der Waals surface area contributed by atoms with Crippen LogP contribution in [0.4, 0.5) is 18.9 Å². The molecule has 1 heterocycles. The van der Waals surface area contributed by atoms with Gasteiger partial charge in [-0.3, -0.25) is 4.99 Å². The van der Waals surface area contributed by atoms with Crippen molar-refractivity contribution in [2.45, 2.75) is 12.8 Å². The van der Waals surface area contributed by atoms with E-state index in [-0.39, 0.29) is 17.4 Å². The Morgan fingerprint density at radius 2 is 2.00 bits per heavy atom. The van der Waals surface area contributed by atoms with Crippen molar-refractivity contribution in [1.82, 2.24) is 9.80 Å². The van der Waals surface area contributed by atoms with Gasteiger partial charge in [-0.05, 0) is 38.7 Å². The Kier molecular flexibility index (Phi) is 6.89. The van der Waals surface area contributed by atoms with E-state index in [4.69, 9.17) is 5.73 Å². The van der Waals surface area contributed by atoms with Gasteiger partial charge in [0, 0.05) is 19.6 Å². The van der Waals surface area contributed by atoms with Gasteiger partial charge in [-0.25, -0.2) is 0 Å². The van der Waals surface area contributed by atoms with E-state index in [9.17, 15) is 13.2 Å². The first-order chi connectivity index (χ1) is 11.8. The van der Waals surface area contributed by atoms with E-state index in [0.29, 0.717) is 6.54 Å². The summed E-state index contributed by atoms with van der Waals surface area (Å²) in [6.07, 6.45) is -3.65. The number of guanidine groups is 1. The molecule has 2 rings (SSSR count). The lowest BCUT2D eigenvalue weighted by atomic mass is 10.3. The van der Waals surface area contributed by atoms with Gasteiger partial charge in [0.05, 0.1) is 12.2 Å². The Balaban J connectivity index is 1.87. The number of nitrogens with one attached hydrogen (secondary N) is 1. The summed E-state index contributed by atoms with van der Waals surface area (Å²) < 4.78 is 41.2. The van der Waals surface area contributed by atoms with Crippen LogP contribution in [0.3, 0.4) is 0 Å². The van der Waals surface area contributed by atoms with Gasteiger partial charge in [0.2, 0.25) is 0 Å². The van der Waals surface area contributed by atoms with Gasteiger partial charge in [0.1, 0.15) is 0 Å². The number of ether oxygens (including phenoxy) is 1. The van der Waals surface area contributed by atoms with Gasteiger partial charge in [0.25, 0.3) is 0 Å². The number of nitrogens with zero attached hydrogens (tertiary/aromatic N) is 3. The van der Waals surface area contributed by atoms with Crippen LogP contribution in [-0.2, 0) is 0 Å². The summed E-state index contributed by atoms with van der Waals surface area (Å²) in [6, 6.07) is 5.72. The van der Waals surface area contributed by atoms with E-state index in [1.165, 1.54) is 18.2 Å². The molecule has 0 saturated carbocycles. The molecule has 1 aromatic carbocycles. The lowest BCUT2D eigenvalue weighted by molar-refractivity contribution is -0.274. The fourth-order valence-corrected chi connectivity index (χ4v) is 2.60. The summed E-state index contributed by atoms with van der Waals surface area (Å²) in [5.41, 5.74) is 5.90. The lowest BCUT2D eigenvalue weighted by Crippen LogP contribution is -2.32. The average Bonchev–Trinajstić information content (AvgIpc) is 2.73. The molecule has 1 aliphatic rings. The Labute approximate surface area is 145 Å². The lowest BCUT2D eigenvalue weighted by Gasteiger charge is -2.19. The molecule has 0 atom stereocenters. The molecule has 0 bridgehead atoms. The maximum atomic E-state index is 12.4. The molecule has 3 N–H and O–H groups in total. The number of aliphatic imine (C=N–C) groups is 1. The quantitative estimate of drug-likeness (QED) is 0.621. The molecule has 0 spiro atoms. The van der Waals surface area contributed by atoms with Crippen LogP contribution in [0.1, 0.15) is 6.42 Å². The standard InChI is InChI=1S/C16H24F3N5O/c1-23-8-4-9-24(12-11-23)10-7-21-15(20)22-13-5-2-3-6-14(13)25-16(17,18)19/h2-3,5-6H,4,7-12H2,1H3,(H3,20,21,22). The predicted molar refractivity (Wildman–Crippen MR) is 91.8 cm³/mol. The second-order valence-corrected chi connectivity index (χ2v) is 5.93. The smallest absolute Gasteiger partial charge is 0.404 e. The summed E-state index contributed by atoms with van der Waals surface area (Å²) in [5, 5.41) is 2.67. The van der Waals surface area contributed by atoms with Crippen molar-refractivity contribution >= 4 is 11.6 Å². The Hall–Kier alpha value is -2.00. The zero-order valence-corrected chi connectivity index (χ0v) is 14.2. The number of nitrogens with two attached hydrogens (primary N) is 1. The summed E-state index contributed by atoms with van der Waals surface area (Å²) in [4.78, 5) is 8.79. The van der Waals surface area contributed by atoms with E-state index in [1.54, 1.807) is 6.07 Å². The van der Waals surface area contributed by atoms with Crippen molar-refractivity contribution < 1.29 is 17.9 Å². The third-order valence-electron chi connectivity index (χ3n) is 3.89. The van der Waals surface area contributed by atoms with Crippen molar-refractivity contribution in [3.63, 3.8) is 0 Å². The molecule has 6 nitrogen and oxygen atoms in total. The van der Waals surface area contributed by atoms with E-state index < -0.39 is 6.36 Å². The van der Waals surface area contributed by atoms with Crippen molar-refractivity contribution in [3.05, 3.63) is 24.3 Å².